The molecule has 72 valence electrons. The van der Waals surface area contributed by atoms with Crippen LogP contribution in [0.3, 0.4) is 0 Å². The van der Waals surface area contributed by atoms with Crippen LogP contribution in [0.2, 0.25) is 0 Å². The van der Waals surface area contributed by atoms with E-state index >= 15 is 0 Å². The van der Waals surface area contributed by atoms with Crippen LogP contribution in [0.4, 0.5) is 0 Å². The molecule has 0 aromatic heterocycles. The SMILES string of the molecule is CCC(N)C(=O)OC1CCCC1.[HH]. The molecule has 1 aliphatic carbocycles. The summed E-state index contributed by atoms with van der Waals surface area (Å²) in [6.07, 6.45) is 5.20. The van der Waals surface area contributed by atoms with Crippen molar-refractivity contribution in [3.63, 3.8) is 0 Å². The minimum Gasteiger partial charge on any atom is -0.461 e. The molecule has 0 radical (unpaired) electrons. The Morgan fingerprint density at radius 2 is 2.25 bits per heavy atom. The third kappa shape index (κ3) is 2.48. The van der Waals surface area contributed by atoms with Crippen molar-refractivity contribution in [3.8, 4) is 0 Å². The lowest BCUT2D eigenvalue weighted by molar-refractivity contribution is -0.150. The van der Waals surface area contributed by atoms with Gasteiger partial charge in [0.05, 0.1) is 0 Å². The molecule has 3 heteroatoms. The van der Waals surface area contributed by atoms with E-state index in [4.69, 9.17) is 10.5 Å². The zero-order valence-corrected chi connectivity index (χ0v) is 7.58. The zero-order valence-electron chi connectivity index (χ0n) is 7.58. The van der Waals surface area contributed by atoms with E-state index in [1.807, 2.05) is 6.92 Å². The van der Waals surface area contributed by atoms with E-state index in [0.717, 1.165) is 12.8 Å². The predicted molar refractivity (Wildman–Crippen MR) is 48.7 cm³/mol. The van der Waals surface area contributed by atoms with E-state index in [2.05, 4.69) is 0 Å². The number of esters is 1. The topological polar surface area (TPSA) is 52.3 Å². The normalized spacial score (nSPS) is 20.8. The van der Waals surface area contributed by atoms with Crippen molar-refractivity contribution in [3.05, 3.63) is 0 Å². The first kappa shape index (κ1) is 9.52. The Balaban J connectivity index is 0.00000144. The molecule has 0 bridgehead atoms. The Bertz CT molecular complexity index is 158. The highest BCUT2D eigenvalue weighted by Crippen LogP contribution is 2.21. The highest BCUT2D eigenvalue weighted by molar-refractivity contribution is 5.75. The second-order valence-electron chi connectivity index (χ2n) is 3.36. The lowest BCUT2D eigenvalue weighted by atomic mass is 10.2. The molecule has 1 aliphatic rings. The van der Waals surface area contributed by atoms with Gasteiger partial charge >= 0.3 is 5.97 Å². The van der Waals surface area contributed by atoms with Crippen molar-refractivity contribution in [2.24, 2.45) is 5.73 Å². The number of carbonyl (C=O) groups excluding carboxylic acids is 1. The Labute approximate surface area is 74.8 Å². The molecule has 0 aliphatic heterocycles. The summed E-state index contributed by atoms with van der Waals surface area (Å²) in [6.45, 7) is 1.89. The molecule has 1 saturated carbocycles. The summed E-state index contributed by atoms with van der Waals surface area (Å²) in [5.41, 5.74) is 5.52. The second-order valence-corrected chi connectivity index (χ2v) is 3.36. The van der Waals surface area contributed by atoms with Gasteiger partial charge in [-0.25, -0.2) is 0 Å². The second kappa shape index (κ2) is 4.45. The molecule has 1 unspecified atom stereocenters. The van der Waals surface area contributed by atoms with Gasteiger partial charge in [0.25, 0.3) is 0 Å². The molecule has 0 aromatic rings. The largest absolute Gasteiger partial charge is 0.461 e. The molecule has 2 N–H and O–H groups in total. The predicted octanol–water partition coefficient (Wildman–Crippen LogP) is 1.46. The first-order chi connectivity index (χ1) is 5.74. The van der Waals surface area contributed by atoms with Crippen LogP contribution in [0.25, 0.3) is 0 Å². The summed E-state index contributed by atoms with van der Waals surface area (Å²) in [7, 11) is 0. The molecule has 1 atom stereocenters. The van der Waals surface area contributed by atoms with Gasteiger partial charge in [-0.15, -0.1) is 0 Å². The fourth-order valence-electron chi connectivity index (χ4n) is 1.42. The van der Waals surface area contributed by atoms with Crippen LogP contribution in [-0.4, -0.2) is 18.1 Å². The van der Waals surface area contributed by atoms with Crippen LogP contribution in [-0.2, 0) is 9.53 Å². The maximum absolute atomic E-state index is 11.2. The Morgan fingerprint density at radius 1 is 1.67 bits per heavy atom. The average molecular weight is 173 g/mol. The van der Waals surface area contributed by atoms with Crippen molar-refractivity contribution < 1.29 is 11.0 Å². The Morgan fingerprint density at radius 3 is 2.75 bits per heavy atom. The first-order valence-corrected chi connectivity index (χ1v) is 4.70. The van der Waals surface area contributed by atoms with Crippen LogP contribution < -0.4 is 5.73 Å². The smallest absolute Gasteiger partial charge is 0.323 e. The highest BCUT2D eigenvalue weighted by Gasteiger charge is 2.21. The quantitative estimate of drug-likeness (QED) is 0.657. The summed E-state index contributed by atoms with van der Waals surface area (Å²) in [5, 5.41) is 0. The van der Waals surface area contributed by atoms with Gasteiger partial charge in [0, 0.05) is 1.43 Å². The van der Waals surface area contributed by atoms with Gasteiger partial charge in [-0.3, -0.25) is 4.79 Å². The third-order valence-corrected chi connectivity index (χ3v) is 2.33. The van der Waals surface area contributed by atoms with E-state index in [0.29, 0.717) is 6.42 Å². The van der Waals surface area contributed by atoms with Crippen molar-refractivity contribution >= 4 is 5.97 Å². The number of hydrogen-bond acceptors (Lipinski definition) is 3. The minimum atomic E-state index is -0.425. The van der Waals surface area contributed by atoms with Gasteiger partial charge in [0.1, 0.15) is 12.1 Å². The van der Waals surface area contributed by atoms with E-state index < -0.39 is 6.04 Å². The van der Waals surface area contributed by atoms with Gasteiger partial charge in [-0.05, 0) is 32.1 Å². The van der Waals surface area contributed by atoms with E-state index in [1.165, 1.54) is 12.8 Å². The summed E-state index contributed by atoms with van der Waals surface area (Å²) in [5.74, 6) is -0.232. The molecule has 0 aromatic carbocycles. The molecule has 0 spiro atoms. The monoisotopic (exact) mass is 173 g/mol. The fraction of sp³-hybridized carbons (Fsp3) is 0.889. The molecule has 1 rings (SSSR count). The summed E-state index contributed by atoms with van der Waals surface area (Å²) < 4.78 is 5.20. The van der Waals surface area contributed by atoms with E-state index in [-0.39, 0.29) is 13.5 Å². The van der Waals surface area contributed by atoms with E-state index in [9.17, 15) is 4.79 Å². The molecule has 0 saturated heterocycles. The molecule has 0 heterocycles. The van der Waals surface area contributed by atoms with Crippen LogP contribution in [0.1, 0.15) is 40.5 Å². The first-order valence-electron chi connectivity index (χ1n) is 4.70. The standard InChI is InChI=1S/C9H17NO2.H2/c1-2-8(10)9(11)12-7-5-3-4-6-7;/h7-8H,2-6,10H2,1H3;1H. The molecule has 12 heavy (non-hydrogen) atoms. The van der Waals surface area contributed by atoms with Crippen molar-refractivity contribution in [2.45, 2.75) is 51.2 Å². The number of hydrogen-bond donors (Lipinski definition) is 1. The van der Waals surface area contributed by atoms with Crippen LogP contribution in [0.15, 0.2) is 0 Å². The maximum Gasteiger partial charge on any atom is 0.323 e. The van der Waals surface area contributed by atoms with Gasteiger partial charge in [-0.2, -0.15) is 0 Å². The zero-order chi connectivity index (χ0) is 8.97. The Kier molecular flexibility index (Phi) is 3.53. The van der Waals surface area contributed by atoms with Crippen molar-refractivity contribution in [1.29, 1.82) is 0 Å². The summed E-state index contributed by atoms with van der Waals surface area (Å²) in [6, 6.07) is -0.425. The lowest BCUT2D eigenvalue weighted by Gasteiger charge is -2.14. The van der Waals surface area contributed by atoms with Crippen molar-refractivity contribution in [2.75, 3.05) is 0 Å². The van der Waals surface area contributed by atoms with Gasteiger partial charge in [0.2, 0.25) is 0 Å². The van der Waals surface area contributed by atoms with Gasteiger partial charge < -0.3 is 10.5 Å². The third-order valence-electron chi connectivity index (χ3n) is 2.33. The molecule has 1 fully saturated rings. The lowest BCUT2D eigenvalue weighted by Crippen LogP contribution is -2.33. The maximum atomic E-state index is 11.2. The van der Waals surface area contributed by atoms with Gasteiger partial charge in [-0.1, -0.05) is 6.92 Å². The number of nitrogens with two attached hydrogens (primary N) is 1. The highest BCUT2D eigenvalue weighted by atomic mass is 16.5. The Hall–Kier alpha value is -0.570. The van der Waals surface area contributed by atoms with Crippen LogP contribution in [0.5, 0.6) is 0 Å². The van der Waals surface area contributed by atoms with Crippen molar-refractivity contribution in [1.82, 2.24) is 0 Å². The van der Waals surface area contributed by atoms with Crippen LogP contribution in [0, 0.1) is 0 Å². The summed E-state index contributed by atoms with van der Waals surface area (Å²) in [4.78, 5) is 11.2. The number of carbonyl (C=O) groups is 1. The van der Waals surface area contributed by atoms with Gasteiger partial charge in [0.15, 0.2) is 0 Å². The van der Waals surface area contributed by atoms with E-state index in [1.54, 1.807) is 0 Å². The summed E-state index contributed by atoms with van der Waals surface area (Å²) >= 11 is 0. The van der Waals surface area contributed by atoms with Crippen LogP contribution >= 0.6 is 0 Å². The molecular formula is C9H19NO2. The fourth-order valence-corrected chi connectivity index (χ4v) is 1.42. The number of ether oxygens (including phenoxy) is 1. The molecule has 3 nitrogen and oxygen atoms in total. The molecule has 0 amide bonds. The molecular weight excluding hydrogens is 154 g/mol. The average Bonchev–Trinajstić information content (AvgIpc) is 2.55. The minimum absolute atomic E-state index is 0. The number of rotatable bonds is 3.